The van der Waals surface area contributed by atoms with Crippen LogP contribution in [0.25, 0.3) is 0 Å². The lowest BCUT2D eigenvalue weighted by atomic mass is 10.1. The second-order valence-electron chi connectivity index (χ2n) is 6.50. The maximum absolute atomic E-state index is 12.7. The van der Waals surface area contributed by atoms with E-state index >= 15 is 0 Å². The quantitative estimate of drug-likeness (QED) is 0.600. The zero-order chi connectivity index (χ0) is 21.0. The van der Waals surface area contributed by atoms with E-state index in [1.54, 1.807) is 19.9 Å². The molecule has 0 atom stereocenters. The number of rotatable bonds is 7. The van der Waals surface area contributed by atoms with E-state index < -0.39 is 12.5 Å². The van der Waals surface area contributed by atoms with Crippen molar-refractivity contribution in [3.05, 3.63) is 70.6 Å². The van der Waals surface area contributed by atoms with Crippen LogP contribution in [-0.4, -0.2) is 17.7 Å². The van der Waals surface area contributed by atoms with Gasteiger partial charge in [-0.05, 0) is 50.6 Å². The van der Waals surface area contributed by atoms with Crippen LogP contribution in [0.15, 0.2) is 47.0 Å². The van der Waals surface area contributed by atoms with Crippen molar-refractivity contribution in [1.29, 1.82) is 0 Å². The molecule has 0 bridgehead atoms. The molecule has 152 valence electrons. The van der Waals surface area contributed by atoms with Crippen molar-refractivity contribution < 1.29 is 27.6 Å². The number of ether oxygens (including phenoxy) is 2. The maximum Gasteiger partial charge on any atom is 0.387 e. The van der Waals surface area contributed by atoms with Gasteiger partial charge in [-0.3, -0.25) is 4.79 Å². The predicted octanol–water partition coefficient (Wildman–Crippen LogP) is 5.03. The van der Waals surface area contributed by atoms with Crippen LogP contribution in [0.4, 0.5) is 14.5 Å². The molecule has 3 rings (SSSR count). The minimum absolute atomic E-state index is 0.0131. The van der Waals surface area contributed by atoms with Crippen LogP contribution in [0.2, 0.25) is 0 Å². The van der Waals surface area contributed by atoms with Crippen LogP contribution in [0, 0.1) is 20.8 Å². The summed E-state index contributed by atoms with van der Waals surface area (Å²) in [5.41, 5.74) is 2.45. The number of alkyl halides is 2. The van der Waals surface area contributed by atoms with Crippen molar-refractivity contribution in [2.45, 2.75) is 34.0 Å². The first-order chi connectivity index (χ1) is 13.8. The number of anilines is 1. The van der Waals surface area contributed by atoms with Crippen molar-refractivity contribution in [2.24, 2.45) is 0 Å². The third kappa shape index (κ3) is 5.10. The first-order valence-electron chi connectivity index (χ1n) is 8.85. The number of aromatic nitrogens is 1. The summed E-state index contributed by atoms with van der Waals surface area (Å²) in [5, 5.41) is 6.35. The van der Waals surface area contributed by atoms with E-state index in [1.807, 2.05) is 31.2 Å². The average molecular weight is 402 g/mol. The maximum atomic E-state index is 12.7. The minimum atomic E-state index is -3.01. The molecule has 3 aromatic rings. The Morgan fingerprint density at radius 1 is 1.10 bits per heavy atom. The van der Waals surface area contributed by atoms with Gasteiger partial charge < -0.3 is 19.3 Å². The molecule has 0 spiro atoms. The molecule has 29 heavy (non-hydrogen) atoms. The molecule has 6 nitrogen and oxygen atoms in total. The number of carbonyl (C=O) groups excluding carboxylic acids is 1. The van der Waals surface area contributed by atoms with Crippen molar-refractivity contribution in [3.8, 4) is 11.5 Å². The number of aryl methyl sites for hydroxylation is 3. The first-order valence-corrected chi connectivity index (χ1v) is 8.85. The first kappa shape index (κ1) is 20.3. The molecule has 8 heteroatoms. The largest absolute Gasteiger partial charge is 0.489 e. The summed E-state index contributed by atoms with van der Waals surface area (Å²) < 4.78 is 40.6. The number of amides is 1. The van der Waals surface area contributed by atoms with Gasteiger partial charge in [-0.25, -0.2) is 0 Å². The van der Waals surface area contributed by atoms with Crippen molar-refractivity contribution in [2.75, 3.05) is 5.32 Å². The molecule has 0 aliphatic carbocycles. The second-order valence-corrected chi connectivity index (χ2v) is 6.50. The van der Waals surface area contributed by atoms with Crippen LogP contribution < -0.4 is 14.8 Å². The normalized spacial score (nSPS) is 10.8. The molecule has 1 amide bonds. The molecular weight excluding hydrogens is 382 g/mol. The van der Waals surface area contributed by atoms with Gasteiger partial charge >= 0.3 is 6.61 Å². The standard InChI is InChI=1S/C21H20F2N2O4/c1-12-4-7-15(8-5-12)27-11-16-14(3)29-25-19(16)20(26)24-17-10-13(2)6-9-18(17)28-21(22)23/h4-10,21H,11H2,1-3H3,(H,24,26). The number of benzene rings is 2. The van der Waals surface area contributed by atoms with E-state index in [4.69, 9.17) is 9.26 Å². The smallest absolute Gasteiger partial charge is 0.387 e. The van der Waals surface area contributed by atoms with Crippen molar-refractivity contribution in [3.63, 3.8) is 0 Å². The monoisotopic (exact) mass is 402 g/mol. The Morgan fingerprint density at radius 3 is 2.48 bits per heavy atom. The molecule has 2 aromatic carbocycles. The van der Waals surface area contributed by atoms with E-state index in [2.05, 4.69) is 15.2 Å². The van der Waals surface area contributed by atoms with Gasteiger partial charge in [-0.2, -0.15) is 8.78 Å². The summed E-state index contributed by atoms with van der Waals surface area (Å²) in [6, 6.07) is 12.0. The Morgan fingerprint density at radius 2 is 1.79 bits per heavy atom. The minimum Gasteiger partial charge on any atom is -0.489 e. The van der Waals surface area contributed by atoms with E-state index in [0.717, 1.165) is 11.1 Å². The van der Waals surface area contributed by atoms with Crippen LogP contribution >= 0.6 is 0 Å². The number of nitrogens with one attached hydrogen (secondary N) is 1. The Bertz CT molecular complexity index is 1000. The number of carbonyl (C=O) groups is 1. The molecule has 1 N–H and O–H groups in total. The molecular formula is C21H20F2N2O4. The Labute approximate surface area is 166 Å². The summed E-state index contributed by atoms with van der Waals surface area (Å²) in [7, 11) is 0. The van der Waals surface area contributed by atoms with E-state index in [-0.39, 0.29) is 23.7 Å². The van der Waals surface area contributed by atoms with E-state index in [1.165, 1.54) is 12.1 Å². The molecule has 0 unspecified atom stereocenters. The molecule has 1 aromatic heterocycles. The lowest BCUT2D eigenvalue weighted by Crippen LogP contribution is -2.17. The summed E-state index contributed by atoms with van der Waals surface area (Å²) in [5.74, 6) is 0.301. The summed E-state index contributed by atoms with van der Waals surface area (Å²) in [6.07, 6.45) is 0. The van der Waals surface area contributed by atoms with Gasteiger partial charge in [0.25, 0.3) is 5.91 Å². The van der Waals surface area contributed by atoms with Crippen LogP contribution in [0.3, 0.4) is 0 Å². The summed E-state index contributed by atoms with van der Waals surface area (Å²) >= 11 is 0. The van der Waals surface area contributed by atoms with Crippen LogP contribution in [0.5, 0.6) is 11.5 Å². The molecule has 0 radical (unpaired) electrons. The Balaban J connectivity index is 1.78. The third-order valence-electron chi connectivity index (χ3n) is 4.20. The second kappa shape index (κ2) is 8.72. The molecule has 1 heterocycles. The van der Waals surface area contributed by atoms with Crippen LogP contribution in [0.1, 0.15) is 32.9 Å². The van der Waals surface area contributed by atoms with Gasteiger partial charge in [0.1, 0.15) is 23.9 Å². The number of halogens is 2. The highest BCUT2D eigenvalue weighted by atomic mass is 19.3. The van der Waals surface area contributed by atoms with Gasteiger partial charge in [-0.15, -0.1) is 0 Å². The zero-order valence-corrected chi connectivity index (χ0v) is 16.2. The van der Waals surface area contributed by atoms with E-state index in [9.17, 15) is 13.6 Å². The molecule has 0 fully saturated rings. The molecule has 0 aliphatic heterocycles. The summed E-state index contributed by atoms with van der Waals surface area (Å²) in [6.45, 7) is 2.45. The molecule has 0 aliphatic rings. The highest BCUT2D eigenvalue weighted by molar-refractivity contribution is 6.04. The lowest BCUT2D eigenvalue weighted by molar-refractivity contribution is -0.0493. The average Bonchev–Trinajstić information content (AvgIpc) is 3.04. The fourth-order valence-electron chi connectivity index (χ4n) is 2.65. The van der Waals surface area contributed by atoms with Gasteiger partial charge in [-0.1, -0.05) is 28.9 Å². The highest BCUT2D eigenvalue weighted by Gasteiger charge is 2.22. The SMILES string of the molecule is Cc1ccc(OCc2c(C(=O)Nc3cc(C)ccc3OC(F)F)noc2C)cc1. The zero-order valence-electron chi connectivity index (χ0n) is 16.2. The van der Waals surface area contributed by atoms with E-state index in [0.29, 0.717) is 17.1 Å². The number of hydrogen-bond acceptors (Lipinski definition) is 5. The number of nitrogens with zero attached hydrogens (tertiary/aromatic N) is 1. The molecule has 0 saturated carbocycles. The van der Waals surface area contributed by atoms with Gasteiger partial charge in [0.05, 0.1) is 11.3 Å². The summed E-state index contributed by atoms with van der Waals surface area (Å²) in [4.78, 5) is 12.7. The molecule has 0 saturated heterocycles. The van der Waals surface area contributed by atoms with Crippen molar-refractivity contribution >= 4 is 11.6 Å². The van der Waals surface area contributed by atoms with Crippen molar-refractivity contribution in [1.82, 2.24) is 5.16 Å². The Hall–Kier alpha value is -3.42. The van der Waals surface area contributed by atoms with Crippen LogP contribution in [-0.2, 0) is 6.61 Å². The fraction of sp³-hybridized carbons (Fsp3) is 0.238. The predicted molar refractivity (Wildman–Crippen MR) is 103 cm³/mol. The highest BCUT2D eigenvalue weighted by Crippen LogP contribution is 2.28. The van der Waals surface area contributed by atoms with Gasteiger partial charge in [0.15, 0.2) is 5.69 Å². The third-order valence-corrected chi connectivity index (χ3v) is 4.20. The van der Waals surface area contributed by atoms with Gasteiger partial charge in [0.2, 0.25) is 0 Å². The topological polar surface area (TPSA) is 73.6 Å². The van der Waals surface area contributed by atoms with Gasteiger partial charge in [0, 0.05) is 0 Å². The lowest BCUT2D eigenvalue weighted by Gasteiger charge is -2.12. The fourth-order valence-corrected chi connectivity index (χ4v) is 2.65. The number of hydrogen-bond donors (Lipinski definition) is 1. The Kier molecular flexibility index (Phi) is 6.11.